The van der Waals surface area contributed by atoms with Crippen LogP contribution in [0.15, 0.2) is 24.0 Å². The van der Waals surface area contributed by atoms with E-state index in [1.807, 2.05) is 0 Å². The molecule has 0 unspecified atom stereocenters. The van der Waals surface area contributed by atoms with Gasteiger partial charge in [-0.15, -0.1) is 11.3 Å². The van der Waals surface area contributed by atoms with Crippen molar-refractivity contribution < 1.29 is 9.90 Å². The van der Waals surface area contributed by atoms with Crippen LogP contribution in [-0.4, -0.2) is 32.5 Å². The number of carbonyl (C=O) groups is 1. The molecule has 3 heterocycles. The average Bonchev–Trinajstić information content (AvgIpc) is 2.86. The Balaban J connectivity index is 1.78. The van der Waals surface area contributed by atoms with Gasteiger partial charge in [-0.3, -0.25) is 4.90 Å². The highest BCUT2D eigenvalue weighted by Gasteiger charge is 2.20. The van der Waals surface area contributed by atoms with Crippen molar-refractivity contribution in [2.75, 3.05) is 6.54 Å². The fraction of sp³-hybridized carbons (Fsp3) is 0.308. The van der Waals surface area contributed by atoms with Crippen molar-refractivity contribution >= 4 is 17.3 Å². The lowest BCUT2D eigenvalue weighted by molar-refractivity contribution is 0.0693. The van der Waals surface area contributed by atoms with Crippen molar-refractivity contribution in [2.45, 2.75) is 19.5 Å². The molecular weight excluding hydrogens is 262 g/mol. The summed E-state index contributed by atoms with van der Waals surface area (Å²) >= 11 is 1.80. The first-order valence-corrected chi connectivity index (χ1v) is 6.92. The van der Waals surface area contributed by atoms with Crippen molar-refractivity contribution in [1.29, 1.82) is 0 Å². The van der Waals surface area contributed by atoms with Crippen LogP contribution in [0, 0.1) is 0 Å². The van der Waals surface area contributed by atoms with Crippen LogP contribution in [0.5, 0.6) is 0 Å². The first-order chi connectivity index (χ1) is 9.24. The lowest BCUT2D eigenvalue weighted by atomic mass is 10.1. The third-order valence-electron chi connectivity index (χ3n) is 3.29. The molecule has 1 N–H and O–H groups in total. The second-order valence-corrected chi connectivity index (χ2v) is 5.52. The Morgan fingerprint density at radius 2 is 2.42 bits per heavy atom. The van der Waals surface area contributed by atoms with Gasteiger partial charge in [-0.1, -0.05) is 0 Å². The van der Waals surface area contributed by atoms with Gasteiger partial charge in [0.05, 0.1) is 5.69 Å². The Kier molecular flexibility index (Phi) is 3.27. The van der Waals surface area contributed by atoms with E-state index in [0.717, 1.165) is 19.5 Å². The van der Waals surface area contributed by atoms with Gasteiger partial charge in [-0.05, 0) is 23.4 Å². The van der Waals surface area contributed by atoms with Crippen LogP contribution in [0.4, 0.5) is 0 Å². The van der Waals surface area contributed by atoms with Crippen LogP contribution >= 0.6 is 11.3 Å². The van der Waals surface area contributed by atoms with E-state index in [0.29, 0.717) is 12.2 Å². The van der Waals surface area contributed by atoms with Gasteiger partial charge in [0.25, 0.3) is 0 Å². The number of thiophene rings is 1. The maximum atomic E-state index is 11.1. The van der Waals surface area contributed by atoms with Gasteiger partial charge < -0.3 is 5.11 Å². The zero-order valence-electron chi connectivity index (χ0n) is 10.2. The summed E-state index contributed by atoms with van der Waals surface area (Å²) in [4.78, 5) is 22.7. The molecule has 0 spiro atoms. The van der Waals surface area contributed by atoms with Gasteiger partial charge in [0, 0.05) is 30.7 Å². The highest BCUT2D eigenvalue weighted by Crippen LogP contribution is 2.25. The molecule has 0 bridgehead atoms. The number of hydrogen-bond donors (Lipinski definition) is 1. The first-order valence-electron chi connectivity index (χ1n) is 6.04. The molecule has 98 valence electrons. The molecule has 0 fully saturated rings. The second-order valence-electron chi connectivity index (χ2n) is 4.52. The Morgan fingerprint density at radius 1 is 1.53 bits per heavy atom. The molecule has 1 aliphatic rings. The van der Waals surface area contributed by atoms with Crippen molar-refractivity contribution in [3.8, 4) is 0 Å². The van der Waals surface area contributed by atoms with E-state index in [1.165, 1.54) is 23.0 Å². The van der Waals surface area contributed by atoms with E-state index in [2.05, 4.69) is 26.3 Å². The highest BCUT2D eigenvalue weighted by molar-refractivity contribution is 7.10. The molecule has 2 aromatic rings. The molecule has 0 saturated heterocycles. The summed E-state index contributed by atoms with van der Waals surface area (Å²) in [7, 11) is 0. The maximum Gasteiger partial charge on any atom is 0.339 e. The summed E-state index contributed by atoms with van der Waals surface area (Å²) in [5.74, 6) is -0.969. The number of nitrogens with zero attached hydrogens (tertiary/aromatic N) is 3. The Bertz CT molecular complexity index is 611. The molecular formula is C13H13N3O2S. The molecule has 1 aliphatic heterocycles. The minimum atomic E-state index is -0.969. The Labute approximate surface area is 114 Å². The quantitative estimate of drug-likeness (QED) is 0.925. The molecule has 0 radical (unpaired) electrons. The standard InChI is InChI=1S/C13H13N3O2S/c17-13(18)10-5-14-8-15-11(10)7-16-3-1-12-9(6-16)2-4-19-12/h2,4-5,8H,1,3,6-7H2,(H,17,18). The van der Waals surface area contributed by atoms with Crippen molar-refractivity contribution in [3.05, 3.63) is 45.7 Å². The van der Waals surface area contributed by atoms with Crippen molar-refractivity contribution in [3.63, 3.8) is 0 Å². The smallest absolute Gasteiger partial charge is 0.339 e. The summed E-state index contributed by atoms with van der Waals surface area (Å²) in [5.41, 5.74) is 2.13. The Morgan fingerprint density at radius 3 is 3.26 bits per heavy atom. The number of fused-ring (bicyclic) bond motifs is 1. The Hall–Kier alpha value is -1.79. The van der Waals surface area contributed by atoms with Gasteiger partial charge in [-0.25, -0.2) is 14.8 Å². The largest absolute Gasteiger partial charge is 0.478 e. The third-order valence-corrected chi connectivity index (χ3v) is 4.31. The lowest BCUT2D eigenvalue weighted by Gasteiger charge is -2.26. The minimum absolute atomic E-state index is 0.193. The summed E-state index contributed by atoms with van der Waals surface area (Å²) in [6, 6.07) is 2.14. The predicted molar refractivity (Wildman–Crippen MR) is 71.1 cm³/mol. The second kappa shape index (κ2) is 5.07. The topological polar surface area (TPSA) is 66.3 Å². The fourth-order valence-corrected chi connectivity index (χ4v) is 3.20. The zero-order valence-corrected chi connectivity index (χ0v) is 11.1. The highest BCUT2D eigenvalue weighted by atomic mass is 32.1. The van der Waals surface area contributed by atoms with Crippen molar-refractivity contribution in [2.24, 2.45) is 0 Å². The first kappa shape index (κ1) is 12.3. The van der Waals surface area contributed by atoms with E-state index < -0.39 is 5.97 Å². The van der Waals surface area contributed by atoms with Crippen LogP contribution in [0.2, 0.25) is 0 Å². The molecule has 19 heavy (non-hydrogen) atoms. The van der Waals surface area contributed by atoms with E-state index in [9.17, 15) is 4.79 Å². The molecule has 0 aromatic carbocycles. The average molecular weight is 275 g/mol. The fourth-order valence-electron chi connectivity index (χ4n) is 2.31. The van der Waals surface area contributed by atoms with Gasteiger partial charge in [-0.2, -0.15) is 0 Å². The lowest BCUT2D eigenvalue weighted by Crippen LogP contribution is -2.30. The maximum absolute atomic E-state index is 11.1. The van der Waals surface area contributed by atoms with Crippen LogP contribution in [0.25, 0.3) is 0 Å². The van der Waals surface area contributed by atoms with Crippen LogP contribution in [-0.2, 0) is 19.5 Å². The number of hydrogen-bond acceptors (Lipinski definition) is 5. The summed E-state index contributed by atoms with van der Waals surface area (Å²) in [5, 5.41) is 11.2. The van der Waals surface area contributed by atoms with E-state index >= 15 is 0 Å². The number of aromatic carboxylic acids is 1. The summed E-state index contributed by atoms with van der Waals surface area (Å²) < 4.78 is 0. The van der Waals surface area contributed by atoms with Crippen LogP contribution in [0.1, 0.15) is 26.5 Å². The van der Waals surface area contributed by atoms with Crippen LogP contribution in [0.3, 0.4) is 0 Å². The zero-order chi connectivity index (χ0) is 13.2. The van der Waals surface area contributed by atoms with Gasteiger partial charge >= 0.3 is 5.97 Å². The number of carboxylic acid groups (broad SMARTS) is 1. The molecule has 5 nitrogen and oxygen atoms in total. The van der Waals surface area contributed by atoms with Crippen molar-refractivity contribution in [1.82, 2.24) is 14.9 Å². The molecule has 2 aromatic heterocycles. The molecule has 0 aliphatic carbocycles. The minimum Gasteiger partial charge on any atom is -0.478 e. The molecule has 6 heteroatoms. The van der Waals surface area contributed by atoms with Crippen LogP contribution < -0.4 is 0 Å². The van der Waals surface area contributed by atoms with Gasteiger partial charge in [0.15, 0.2) is 0 Å². The normalized spacial score (nSPS) is 15.2. The van der Waals surface area contributed by atoms with E-state index in [-0.39, 0.29) is 5.56 Å². The predicted octanol–water partition coefficient (Wildman–Crippen LogP) is 1.79. The summed E-state index contributed by atoms with van der Waals surface area (Å²) in [6.07, 6.45) is 3.80. The SMILES string of the molecule is O=C(O)c1cncnc1CN1CCc2sccc2C1. The summed E-state index contributed by atoms with van der Waals surface area (Å²) in [6.45, 7) is 2.36. The molecule has 0 atom stereocenters. The van der Waals surface area contributed by atoms with E-state index in [1.54, 1.807) is 11.3 Å². The molecule has 3 rings (SSSR count). The monoisotopic (exact) mass is 275 g/mol. The van der Waals surface area contributed by atoms with Gasteiger partial charge in [0.1, 0.15) is 11.9 Å². The molecule has 0 saturated carbocycles. The number of carboxylic acids is 1. The number of aromatic nitrogens is 2. The number of rotatable bonds is 3. The van der Waals surface area contributed by atoms with E-state index in [4.69, 9.17) is 5.11 Å². The third kappa shape index (κ3) is 2.50. The molecule has 0 amide bonds. The van der Waals surface area contributed by atoms with Gasteiger partial charge in [0.2, 0.25) is 0 Å².